The molecule has 2 heterocycles. The Hall–Kier alpha value is -3.91. The summed E-state index contributed by atoms with van der Waals surface area (Å²) in [5.74, 6) is -0.657. The van der Waals surface area contributed by atoms with Gasteiger partial charge in [0.15, 0.2) is 5.76 Å². The van der Waals surface area contributed by atoms with E-state index in [1.165, 1.54) is 18.3 Å². The van der Waals surface area contributed by atoms with Gasteiger partial charge in [-0.15, -0.1) is 0 Å². The van der Waals surface area contributed by atoms with E-state index in [0.717, 1.165) is 16.5 Å². The lowest BCUT2D eigenvalue weighted by molar-refractivity contribution is -0.402. The number of hydrogen-bond donors (Lipinski definition) is 1. The monoisotopic (exact) mass is 422 g/mol. The summed E-state index contributed by atoms with van der Waals surface area (Å²) in [7, 11) is 0. The lowest BCUT2D eigenvalue weighted by Gasteiger charge is -2.07. The zero-order valence-corrected chi connectivity index (χ0v) is 16.2. The molecule has 30 heavy (non-hydrogen) atoms. The van der Waals surface area contributed by atoms with Crippen molar-refractivity contribution in [3.8, 4) is 0 Å². The van der Waals surface area contributed by atoms with Crippen molar-refractivity contribution in [2.45, 2.75) is 6.54 Å². The van der Waals surface area contributed by atoms with E-state index in [-0.39, 0.29) is 5.76 Å². The van der Waals surface area contributed by atoms with Crippen LogP contribution in [0.2, 0.25) is 5.02 Å². The van der Waals surface area contributed by atoms with Crippen LogP contribution in [0.3, 0.4) is 0 Å². The van der Waals surface area contributed by atoms with E-state index < -0.39 is 16.7 Å². The Morgan fingerprint density at radius 1 is 1.17 bits per heavy atom. The summed E-state index contributed by atoms with van der Waals surface area (Å²) in [6.45, 7) is 0.507. The molecule has 1 amide bonds. The third kappa shape index (κ3) is 3.94. The Morgan fingerprint density at radius 2 is 1.93 bits per heavy atom. The first kappa shape index (κ1) is 19.4. The van der Waals surface area contributed by atoms with Crippen molar-refractivity contribution < 1.29 is 14.1 Å². The second-order valence-corrected chi connectivity index (χ2v) is 6.82. The number of hydrazone groups is 1. The van der Waals surface area contributed by atoms with Gasteiger partial charge in [0.05, 0.1) is 17.8 Å². The number of furan rings is 1. The quantitative estimate of drug-likeness (QED) is 0.278. The smallest absolute Gasteiger partial charge is 0.400 e. The van der Waals surface area contributed by atoms with Crippen LogP contribution < -0.4 is 5.43 Å². The number of nitrogens with one attached hydrogen (secondary N) is 1. The molecular formula is C21H15ClN4O4. The third-order valence-electron chi connectivity index (χ3n) is 4.48. The van der Waals surface area contributed by atoms with E-state index >= 15 is 0 Å². The van der Waals surface area contributed by atoms with Crippen molar-refractivity contribution >= 4 is 40.5 Å². The summed E-state index contributed by atoms with van der Waals surface area (Å²) in [6, 6.07) is 17.7. The van der Waals surface area contributed by atoms with Crippen molar-refractivity contribution in [3.63, 3.8) is 0 Å². The number of halogens is 1. The van der Waals surface area contributed by atoms with Crippen LogP contribution in [0.25, 0.3) is 10.9 Å². The Morgan fingerprint density at radius 3 is 2.70 bits per heavy atom. The number of nitrogens with zero attached hydrogens (tertiary/aromatic N) is 3. The molecular weight excluding hydrogens is 408 g/mol. The second-order valence-electron chi connectivity index (χ2n) is 6.41. The molecule has 4 aromatic rings. The molecule has 4 rings (SSSR count). The number of aromatic nitrogens is 1. The number of fused-ring (bicyclic) bond motifs is 1. The highest BCUT2D eigenvalue weighted by atomic mass is 35.5. The summed E-state index contributed by atoms with van der Waals surface area (Å²) in [5, 5.41) is 15.9. The van der Waals surface area contributed by atoms with Gasteiger partial charge < -0.3 is 8.98 Å². The molecule has 0 atom stereocenters. The Labute approximate surface area is 175 Å². The summed E-state index contributed by atoms with van der Waals surface area (Å²) in [6.07, 6.45) is 2.95. The number of rotatable bonds is 6. The molecule has 0 aliphatic heterocycles. The number of carbonyl (C=O) groups is 1. The zero-order valence-electron chi connectivity index (χ0n) is 15.5. The van der Waals surface area contributed by atoms with Crippen LogP contribution in [0.4, 0.5) is 5.88 Å². The van der Waals surface area contributed by atoms with Crippen LogP contribution in [-0.2, 0) is 6.54 Å². The summed E-state index contributed by atoms with van der Waals surface area (Å²) >= 11 is 6.28. The molecule has 8 nitrogen and oxygen atoms in total. The predicted octanol–water partition coefficient (Wildman–Crippen LogP) is 4.61. The predicted molar refractivity (Wildman–Crippen MR) is 113 cm³/mol. The fourth-order valence-electron chi connectivity index (χ4n) is 3.09. The van der Waals surface area contributed by atoms with Gasteiger partial charge in [-0.2, -0.15) is 5.10 Å². The highest BCUT2D eigenvalue weighted by Gasteiger charge is 2.15. The van der Waals surface area contributed by atoms with Crippen LogP contribution in [0.5, 0.6) is 0 Å². The van der Waals surface area contributed by atoms with Crippen LogP contribution in [0.1, 0.15) is 21.7 Å². The van der Waals surface area contributed by atoms with Gasteiger partial charge in [-0.1, -0.05) is 48.0 Å². The molecule has 9 heteroatoms. The van der Waals surface area contributed by atoms with Gasteiger partial charge in [-0.3, -0.25) is 14.9 Å². The highest BCUT2D eigenvalue weighted by molar-refractivity contribution is 6.31. The number of nitro groups is 1. The number of para-hydroxylation sites is 1. The van der Waals surface area contributed by atoms with Crippen LogP contribution in [0.15, 0.2) is 76.4 Å². The molecule has 2 aromatic carbocycles. The van der Waals surface area contributed by atoms with Crippen LogP contribution >= 0.6 is 11.6 Å². The van der Waals surface area contributed by atoms with Gasteiger partial charge in [0.25, 0.3) is 5.91 Å². The summed E-state index contributed by atoms with van der Waals surface area (Å²) in [4.78, 5) is 22.7. The molecule has 2 aromatic heterocycles. The van der Waals surface area contributed by atoms with Gasteiger partial charge in [0, 0.05) is 28.7 Å². The Balaban J connectivity index is 1.57. The van der Waals surface area contributed by atoms with Crippen molar-refractivity contribution in [1.29, 1.82) is 0 Å². The van der Waals surface area contributed by atoms with E-state index in [1.54, 1.807) is 6.20 Å². The topological polar surface area (TPSA) is 103 Å². The SMILES string of the molecule is O=C(N/N=C/c1ccc([N+](=O)[O-])o1)c1cn(Cc2ccccc2Cl)c2ccccc12. The van der Waals surface area contributed by atoms with Crippen molar-refractivity contribution in [3.05, 3.63) is 98.9 Å². The molecule has 1 N–H and O–H groups in total. The van der Waals surface area contributed by atoms with Crippen LogP contribution in [0, 0.1) is 10.1 Å². The molecule has 0 aliphatic carbocycles. The normalized spacial score (nSPS) is 11.2. The Kier molecular flexibility index (Phi) is 5.32. The van der Waals surface area contributed by atoms with E-state index in [0.29, 0.717) is 17.1 Å². The van der Waals surface area contributed by atoms with Gasteiger partial charge in [0.2, 0.25) is 0 Å². The minimum atomic E-state index is -0.649. The fraction of sp³-hybridized carbons (Fsp3) is 0.0476. The lowest BCUT2D eigenvalue weighted by atomic mass is 10.2. The number of carbonyl (C=O) groups excluding carboxylic acids is 1. The summed E-state index contributed by atoms with van der Waals surface area (Å²) < 4.78 is 6.92. The van der Waals surface area contributed by atoms with Gasteiger partial charge >= 0.3 is 5.88 Å². The van der Waals surface area contributed by atoms with Crippen molar-refractivity contribution in [2.75, 3.05) is 0 Å². The Bertz CT molecular complexity index is 1280. The number of hydrogen-bond acceptors (Lipinski definition) is 5. The molecule has 0 aliphatic rings. The molecule has 0 fully saturated rings. The standard InChI is InChI=1S/C21H15ClN4O4/c22-18-7-3-1-5-14(18)12-25-13-17(16-6-2-4-8-19(16)25)21(27)24-23-11-15-9-10-20(30-15)26(28)29/h1-11,13H,12H2,(H,24,27)/b23-11+. The average Bonchev–Trinajstić information content (AvgIpc) is 3.35. The molecule has 0 spiro atoms. The highest BCUT2D eigenvalue weighted by Crippen LogP contribution is 2.24. The van der Waals surface area contributed by atoms with Gasteiger partial charge in [-0.25, -0.2) is 5.43 Å². The molecule has 0 saturated carbocycles. The van der Waals surface area contributed by atoms with E-state index in [2.05, 4.69) is 10.5 Å². The minimum absolute atomic E-state index is 0.156. The minimum Gasteiger partial charge on any atom is -0.400 e. The van der Waals surface area contributed by atoms with E-state index in [1.807, 2.05) is 53.1 Å². The fourth-order valence-corrected chi connectivity index (χ4v) is 3.29. The third-order valence-corrected chi connectivity index (χ3v) is 4.85. The second kappa shape index (κ2) is 8.22. The van der Waals surface area contributed by atoms with E-state index in [4.69, 9.17) is 16.0 Å². The first-order valence-electron chi connectivity index (χ1n) is 8.92. The maximum atomic E-state index is 12.7. The molecule has 150 valence electrons. The first-order chi connectivity index (χ1) is 14.5. The number of amides is 1. The molecule has 0 radical (unpaired) electrons. The maximum absolute atomic E-state index is 12.7. The molecule has 0 saturated heterocycles. The average molecular weight is 423 g/mol. The van der Waals surface area contributed by atoms with Gasteiger partial charge in [0.1, 0.15) is 4.92 Å². The lowest BCUT2D eigenvalue weighted by Crippen LogP contribution is -2.17. The largest absolute Gasteiger partial charge is 0.433 e. The van der Waals surface area contributed by atoms with Crippen molar-refractivity contribution in [2.24, 2.45) is 5.10 Å². The number of benzene rings is 2. The van der Waals surface area contributed by atoms with Crippen LogP contribution in [-0.4, -0.2) is 21.6 Å². The zero-order chi connectivity index (χ0) is 21.1. The maximum Gasteiger partial charge on any atom is 0.433 e. The molecule has 0 bridgehead atoms. The molecule has 0 unspecified atom stereocenters. The van der Waals surface area contributed by atoms with E-state index in [9.17, 15) is 14.9 Å². The summed E-state index contributed by atoms with van der Waals surface area (Å²) in [5.41, 5.74) is 4.69. The van der Waals surface area contributed by atoms with Gasteiger partial charge in [-0.05, 0) is 23.8 Å². The van der Waals surface area contributed by atoms with Crippen molar-refractivity contribution in [1.82, 2.24) is 9.99 Å². The first-order valence-corrected chi connectivity index (χ1v) is 9.29.